The fourth-order valence-corrected chi connectivity index (χ4v) is 1.16. The van der Waals surface area contributed by atoms with Gasteiger partial charge in [0, 0.05) is 17.0 Å². The Bertz CT molecular complexity index is 244. The summed E-state index contributed by atoms with van der Waals surface area (Å²) in [5.41, 5.74) is 0.655. The van der Waals surface area contributed by atoms with Crippen LogP contribution in [0.1, 0.15) is 5.69 Å². The first-order valence-corrected chi connectivity index (χ1v) is 3.95. The van der Waals surface area contributed by atoms with Crippen LogP contribution in [0, 0.1) is 0 Å². The molecule has 5 heteroatoms. The number of aromatic nitrogens is 1. The van der Waals surface area contributed by atoms with Gasteiger partial charge in [-0.1, -0.05) is 0 Å². The van der Waals surface area contributed by atoms with Crippen LogP contribution in [0.25, 0.3) is 0 Å². The van der Waals surface area contributed by atoms with Crippen LogP contribution in [0.5, 0.6) is 0 Å². The van der Waals surface area contributed by atoms with Gasteiger partial charge in [0.2, 0.25) is 0 Å². The highest BCUT2D eigenvalue weighted by atomic mass is 79.9. The Balaban J connectivity index is 2.78. The fraction of sp³-hybridized carbons (Fsp3) is 0.167. The largest absolute Gasteiger partial charge is 0.457 e. The first-order valence-electron chi connectivity index (χ1n) is 3.15. The number of nitrogens with zero attached hydrogens (tertiary/aromatic N) is 1. The molecule has 0 aromatic carbocycles. The van der Waals surface area contributed by atoms with Gasteiger partial charge in [0.05, 0.1) is 5.69 Å². The number of pyridine rings is 1. The van der Waals surface area contributed by atoms with Crippen molar-refractivity contribution >= 4 is 23.0 Å². The number of hydrogen-bond acceptors (Lipinski definition) is 3. The van der Waals surface area contributed by atoms with Gasteiger partial charge in [-0.25, -0.2) is 0 Å². The summed E-state index contributed by atoms with van der Waals surface area (Å²) in [6.45, 7) is 0. The fourth-order valence-electron chi connectivity index (χ4n) is 0.742. The van der Waals surface area contributed by atoms with Crippen LogP contribution < -0.4 is 0 Å². The van der Waals surface area contributed by atoms with Crippen molar-refractivity contribution in [3.05, 3.63) is 28.5 Å². The lowest BCUT2D eigenvalue weighted by atomic mass is 9.84. The second-order valence-electron chi connectivity index (χ2n) is 2.12. The molecule has 0 atom stereocenters. The molecule has 0 aliphatic rings. The molecule has 0 spiro atoms. The molecule has 3 nitrogen and oxygen atoms in total. The van der Waals surface area contributed by atoms with E-state index in [0.29, 0.717) is 5.69 Å². The third kappa shape index (κ3) is 2.61. The normalized spacial score (nSPS) is 9.73. The number of halogens is 1. The topological polar surface area (TPSA) is 53.4 Å². The molecule has 2 N–H and O–H groups in total. The van der Waals surface area contributed by atoms with Crippen molar-refractivity contribution in [2.75, 3.05) is 0 Å². The average molecular weight is 216 g/mol. The minimum absolute atomic E-state index is 0.154. The Labute approximate surface area is 73.4 Å². The summed E-state index contributed by atoms with van der Waals surface area (Å²) in [5, 5.41) is 17.2. The van der Waals surface area contributed by atoms with E-state index in [1.807, 2.05) is 6.07 Å². The minimum atomic E-state index is -1.33. The zero-order valence-corrected chi connectivity index (χ0v) is 7.32. The Morgan fingerprint density at radius 1 is 1.55 bits per heavy atom. The van der Waals surface area contributed by atoms with Gasteiger partial charge >= 0.3 is 7.12 Å². The van der Waals surface area contributed by atoms with E-state index in [4.69, 9.17) is 10.0 Å². The van der Waals surface area contributed by atoms with Gasteiger partial charge in [-0.15, -0.1) is 0 Å². The highest BCUT2D eigenvalue weighted by molar-refractivity contribution is 9.10. The van der Waals surface area contributed by atoms with Gasteiger partial charge in [-0.05, 0) is 28.1 Å². The molecule has 0 bridgehead atoms. The zero-order valence-electron chi connectivity index (χ0n) is 5.74. The number of rotatable bonds is 2. The summed E-state index contributed by atoms with van der Waals surface area (Å²) in [6.07, 6.45) is 1.77. The van der Waals surface area contributed by atoms with E-state index in [2.05, 4.69) is 20.9 Å². The van der Waals surface area contributed by atoms with E-state index < -0.39 is 7.12 Å². The summed E-state index contributed by atoms with van der Waals surface area (Å²) in [6, 6.07) is 3.59. The Hall–Kier alpha value is -0.385. The lowest BCUT2D eigenvalue weighted by Gasteiger charge is -2.00. The standard InChI is InChI=1S/C6H7BBrNO2/c8-5-2-1-3-9-6(5)4-7(10)11/h1-3,10-11H,4H2. The molecule has 0 saturated heterocycles. The predicted molar refractivity (Wildman–Crippen MR) is 45.8 cm³/mol. The van der Waals surface area contributed by atoms with E-state index in [1.165, 1.54) is 0 Å². The van der Waals surface area contributed by atoms with Gasteiger partial charge in [-0.3, -0.25) is 4.98 Å². The molecule has 1 heterocycles. The maximum Gasteiger partial charge on any atom is 0.457 e. The van der Waals surface area contributed by atoms with Crippen molar-refractivity contribution in [1.29, 1.82) is 0 Å². The summed E-state index contributed by atoms with van der Waals surface area (Å²) in [4.78, 5) is 3.95. The SMILES string of the molecule is OB(O)Cc1ncccc1Br. The van der Waals surface area contributed by atoms with Gasteiger partial charge in [-0.2, -0.15) is 0 Å². The predicted octanol–water partition coefficient (Wildman–Crippen LogP) is 0.399. The summed E-state index contributed by atoms with van der Waals surface area (Å²) in [7, 11) is -1.33. The van der Waals surface area contributed by atoms with Crippen LogP contribution in [0.3, 0.4) is 0 Å². The number of hydrogen-bond donors (Lipinski definition) is 2. The maximum atomic E-state index is 8.62. The van der Waals surface area contributed by atoms with Crippen LogP contribution in [0.15, 0.2) is 22.8 Å². The molecule has 0 radical (unpaired) electrons. The van der Waals surface area contributed by atoms with Gasteiger partial charge < -0.3 is 10.0 Å². The third-order valence-corrected chi connectivity index (χ3v) is 1.93. The minimum Gasteiger partial charge on any atom is -0.427 e. The van der Waals surface area contributed by atoms with Crippen molar-refractivity contribution in [2.24, 2.45) is 0 Å². The first kappa shape index (κ1) is 8.71. The molecule has 0 aliphatic carbocycles. The molecule has 1 aromatic rings. The molecule has 0 aliphatic heterocycles. The smallest absolute Gasteiger partial charge is 0.427 e. The summed E-state index contributed by atoms with van der Waals surface area (Å²) in [5.74, 6) is 0. The van der Waals surface area contributed by atoms with Crippen LogP contribution in [0.4, 0.5) is 0 Å². The highest BCUT2D eigenvalue weighted by Crippen LogP contribution is 2.13. The quantitative estimate of drug-likeness (QED) is 0.703. The van der Waals surface area contributed by atoms with E-state index >= 15 is 0 Å². The molecule has 0 saturated carbocycles. The van der Waals surface area contributed by atoms with Crippen molar-refractivity contribution in [2.45, 2.75) is 6.32 Å². The van der Waals surface area contributed by atoms with Gasteiger partial charge in [0.15, 0.2) is 0 Å². The van der Waals surface area contributed by atoms with E-state index in [1.54, 1.807) is 12.3 Å². The van der Waals surface area contributed by atoms with Crippen LogP contribution >= 0.6 is 15.9 Å². The van der Waals surface area contributed by atoms with Crippen molar-refractivity contribution < 1.29 is 10.0 Å². The zero-order chi connectivity index (χ0) is 8.27. The second-order valence-corrected chi connectivity index (χ2v) is 2.97. The lowest BCUT2D eigenvalue weighted by molar-refractivity contribution is 0.404. The lowest BCUT2D eigenvalue weighted by Crippen LogP contribution is -2.16. The van der Waals surface area contributed by atoms with Crippen LogP contribution in [-0.2, 0) is 6.32 Å². The Kier molecular flexibility index (Phi) is 3.05. The van der Waals surface area contributed by atoms with E-state index in [0.717, 1.165) is 4.47 Å². The molecule has 0 amide bonds. The van der Waals surface area contributed by atoms with E-state index in [-0.39, 0.29) is 6.32 Å². The molecule has 0 fully saturated rings. The average Bonchev–Trinajstić information content (AvgIpc) is 1.93. The molecular weight excluding hydrogens is 209 g/mol. The summed E-state index contributed by atoms with van der Waals surface area (Å²) >= 11 is 3.24. The first-order chi connectivity index (χ1) is 5.20. The van der Waals surface area contributed by atoms with Crippen molar-refractivity contribution in [3.63, 3.8) is 0 Å². The monoisotopic (exact) mass is 215 g/mol. The van der Waals surface area contributed by atoms with E-state index in [9.17, 15) is 0 Å². The Morgan fingerprint density at radius 2 is 2.27 bits per heavy atom. The molecule has 11 heavy (non-hydrogen) atoms. The summed E-state index contributed by atoms with van der Waals surface area (Å²) < 4.78 is 0.799. The van der Waals surface area contributed by atoms with Gasteiger partial charge in [0.1, 0.15) is 0 Å². The van der Waals surface area contributed by atoms with Crippen molar-refractivity contribution in [3.8, 4) is 0 Å². The molecule has 0 unspecified atom stereocenters. The van der Waals surface area contributed by atoms with Crippen LogP contribution in [0.2, 0.25) is 0 Å². The molecule has 1 aromatic heterocycles. The highest BCUT2D eigenvalue weighted by Gasteiger charge is 2.10. The van der Waals surface area contributed by atoms with Gasteiger partial charge in [0.25, 0.3) is 0 Å². The molecule has 1 rings (SSSR count). The molecule has 58 valence electrons. The third-order valence-electron chi connectivity index (χ3n) is 1.21. The Morgan fingerprint density at radius 3 is 2.82 bits per heavy atom. The molecular formula is C6H7BBrNO2. The second kappa shape index (κ2) is 3.85. The van der Waals surface area contributed by atoms with Crippen molar-refractivity contribution in [1.82, 2.24) is 4.98 Å². The maximum absolute atomic E-state index is 8.62. The van der Waals surface area contributed by atoms with Crippen LogP contribution in [-0.4, -0.2) is 22.2 Å².